The van der Waals surface area contributed by atoms with Gasteiger partial charge in [0.25, 0.3) is 0 Å². The molecule has 1 aromatic heterocycles. The molecule has 1 fully saturated rings. The predicted octanol–water partition coefficient (Wildman–Crippen LogP) is 3.88. The Kier molecular flexibility index (Phi) is 4.67. The zero-order chi connectivity index (χ0) is 22.6. The van der Waals surface area contributed by atoms with Crippen LogP contribution in [0.3, 0.4) is 0 Å². The molecule has 0 radical (unpaired) electrons. The second kappa shape index (κ2) is 6.89. The molecule has 2 aromatic rings. The summed E-state index contributed by atoms with van der Waals surface area (Å²) in [6.45, 7) is 8.65. The molecule has 2 atom stereocenters. The van der Waals surface area contributed by atoms with Crippen LogP contribution in [0.15, 0.2) is 41.5 Å². The number of nitrogens with two attached hydrogens (primary N) is 1. The van der Waals surface area contributed by atoms with E-state index in [1.807, 2.05) is 0 Å². The lowest BCUT2D eigenvalue weighted by molar-refractivity contribution is 0.400. The van der Waals surface area contributed by atoms with E-state index in [1.54, 1.807) is 14.0 Å². The normalized spacial score (nSPS) is 27.0. The van der Waals surface area contributed by atoms with Crippen LogP contribution in [0.2, 0.25) is 0 Å². The van der Waals surface area contributed by atoms with Crippen molar-refractivity contribution in [2.45, 2.75) is 30.1 Å². The third-order valence-electron chi connectivity index (χ3n) is 6.23. The second-order valence-corrected chi connectivity index (χ2v) is 10.5. The number of hydrogen-bond acceptors (Lipinski definition) is 4. The Labute approximate surface area is 180 Å². The first-order valence-corrected chi connectivity index (χ1v) is 11.2. The quantitative estimate of drug-likeness (QED) is 0.580. The maximum absolute atomic E-state index is 15.0. The summed E-state index contributed by atoms with van der Waals surface area (Å²) in [6, 6.07) is 7.06. The number of hydrogen-bond donors (Lipinski definition) is 1. The lowest BCUT2D eigenvalue weighted by atomic mass is 9.85. The summed E-state index contributed by atoms with van der Waals surface area (Å²) >= 11 is 0. The Balaban J connectivity index is 1.81. The van der Waals surface area contributed by atoms with Gasteiger partial charge in [-0.2, -0.15) is 0 Å². The molecule has 6 nitrogen and oxygen atoms in total. The van der Waals surface area contributed by atoms with Crippen LogP contribution in [0.1, 0.15) is 36.6 Å². The summed E-state index contributed by atoms with van der Waals surface area (Å²) in [5.41, 5.74) is 5.76. The molecule has 2 N–H and O–H groups in total. The molecular weight excluding hydrogens is 420 g/mol. The zero-order valence-electron chi connectivity index (χ0n) is 17.1. The van der Waals surface area contributed by atoms with E-state index < -0.39 is 31.6 Å². The van der Waals surface area contributed by atoms with E-state index in [2.05, 4.69) is 20.7 Å². The van der Waals surface area contributed by atoms with Gasteiger partial charge in [-0.25, -0.2) is 22.8 Å². The Hall–Kier alpha value is -3.25. The first kappa shape index (κ1) is 21.0. The number of guanidine groups is 1. The highest BCUT2D eigenvalue weighted by molar-refractivity contribution is 8.00. The lowest BCUT2D eigenvalue weighted by Crippen LogP contribution is -2.58. The molecule has 0 saturated heterocycles. The molecule has 1 aromatic carbocycles. The average molecular weight is 442 g/mol. The van der Waals surface area contributed by atoms with Crippen molar-refractivity contribution in [2.24, 2.45) is 10.7 Å². The fourth-order valence-electron chi connectivity index (χ4n) is 4.17. The number of aromatic nitrogens is 1. The van der Waals surface area contributed by atoms with Crippen LogP contribution in [0, 0.1) is 12.4 Å². The number of aliphatic imine (C=N–C) groups is 1. The third-order valence-corrected chi connectivity index (χ3v) is 9.33. The molecule has 2 aliphatic rings. The monoisotopic (exact) mass is 441 g/mol. The molecule has 2 heterocycles. The van der Waals surface area contributed by atoms with Crippen molar-refractivity contribution in [1.29, 1.82) is 0 Å². The predicted molar refractivity (Wildman–Crippen MR) is 120 cm³/mol. The van der Waals surface area contributed by atoms with E-state index >= 15 is 0 Å². The van der Waals surface area contributed by atoms with Gasteiger partial charge in [-0.3, -0.25) is 9.29 Å². The van der Waals surface area contributed by atoms with Crippen molar-refractivity contribution in [3.63, 3.8) is 0 Å². The van der Waals surface area contributed by atoms with E-state index in [4.69, 9.17) is 12.3 Å². The van der Waals surface area contributed by atoms with E-state index in [-0.39, 0.29) is 17.2 Å². The number of rotatable bonds is 3. The molecule has 9 heteroatoms. The van der Waals surface area contributed by atoms with Gasteiger partial charge < -0.3 is 5.73 Å². The van der Waals surface area contributed by atoms with Gasteiger partial charge in [0.1, 0.15) is 17.2 Å². The first-order valence-electron chi connectivity index (χ1n) is 9.53. The van der Waals surface area contributed by atoms with Crippen LogP contribution < -0.4 is 5.73 Å². The molecular formula is C22H21F2N5OS. The Bertz CT molecular complexity index is 1270. The smallest absolute Gasteiger partial charge is 0.205 e. The highest BCUT2D eigenvalue weighted by Gasteiger charge is 2.67. The van der Waals surface area contributed by atoms with Gasteiger partial charge in [0, 0.05) is 18.8 Å². The molecule has 1 spiro atoms. The van der Waals surface area contributed by atoms with Crippen molar-refractivity contribution < 1.29 is 13.0 Å². The van der Waals surface area contributed by atoms with E-state index in [9.17, 15) is 13.0 Å². The van der Waals surface area contributed by atoms with Gasteiger partial charge in [0.2, 0.25) is 11.6 Å². The number of halogens is 2. The van der Waals surface area contributed by atoms with Gasteiger partial charge in [-0.05, 0) is 55.5 Å². The number of benzene rings is 1. The number of nitrogens with zero attached hydrogens (tertiary/aromatic N) is 4. The fraction of sp³-hybridized carbons (Fsp3) is 0.273. The molecule has 31 heavy (non-hydrogen) atoms. The first-order chi connectivity index (χ1) is 14.6. The summed E-state index contributed by atoms with van der Waals surface area (Å²) in [4.78, 5) is 11.7. The fourth-order valence-corrected chi connectivity index (χ4v) is 6.55. The minimum absolute atomic E-state index is 0.0237. The summed E-state index contributed by atoms with van der Waals surface area (Å²) < 4.78 is 43.8. The van der Waals surface area contributed by atoms with Crippen molar-refractivity contribution in [3.05, 3.63) is 70.6 Å². The van der Waals surface area contributed by atoms with Crippen LogP contribution in [0.4, 0.5) is 14.5 Å². The lowest BCUT2D eigenvalue weighted by Gasteiger charge is -2.45. The molecule has 0 amide bonds. The summed E-state index contributed by atoms with van der Waals surface area (Å²) in [7, 11) is -1.27. The maximum Gasteiger partial charge on any atom is 0.205 e. The molecule has 0 bridgehead atoms. The molecule has 1 saturated carbocycles. The standard InChI is InChI=1S/C22H21F2N5OS/c1-21(22(9-10-22)31(4,30)29(3)20(25)28-21)16-11-14(5-7-17(16)23)12-18(24)19-8-6-15(26-2)13-27-19/h5-8,11-13H,4,9-10H2,1,3H3,(H2,25,28)/b18-12-/t21-,31?/m1/s1. The van der Waals surface area contributed by atoms with Gasteiger partial charge in [0.15, 0.2) is 0 Å². The minimum Gasteiger partial charge on any atom is -0.369 e. The van der Waals surface area contributed by atoms with Crippen LogP contribution in [0.25, 0.3) is 16.7 Å². The molecule has 1 aliphatic heterocycles. The highest BCUT2D eigenvalue weighted by atomic mass is 32.2. The average Bonchev–Trinajstić information content (AvgIpc) is 3.56. The SMILES string of the molecule is [C-]#[N+]c1ccc(/C(F)=C/c2ccc(F)c([C@@]3(C)N=C(N)N(C)S(=C)(=O)C34CC4)c2)nc1. The maximum atomic E-state index is 15.0. The van der Waals surface area contributed by atoms with Gasteiger partial charge in [-0.1, -0.05) is 12.1 Å². The van der Waals surface area contributed by atoms with Gasteiger partial charge in [-0.15, -0.1) is 0 Å². The van der Waals surface area contributed by atoms with Crippen molar-refractivity contribution >= 4 is 39.1 Å². The summed E-state index contributed by atoms with van der Waals surface area (Å²) in [5, 5.41) is 0. The number of pyridine rings is 1. The van der Waals surface area contributed by atoms with E-state index in [0.29, 0.717) is 24.1 Å². The van der Waals surface area contributed by atoms with Gasteiger partial charge in [0.05, 0.1) is 26.7 Å². The van der Waals surface area contributed by atoms with E-state index in [0.717, 1.165) is 0 Å². The molecule has 1 aliphatic carbocycles. The van der Waals surface area contributed by atoms with Crippen LogP contribution >= 0.6 is 0 Å². The highest BCUT2D eigenvalue weighted by Crippen LogP contribution is 2.60. The Morgan fingerprint density at radius 1 is 1.39 bits per heavy atom. The molecule has 1 unspecified atom stereocenters. The van der Waals surface area contributed by atoms with Crippen LogP contribution in [-0.4, -0.2) is 37.1 Å². The molecule has 160 valence electrons. The molecule has 4 rings (SSSR count). The van der Waals surface area contributed by atoms with Crippen molar-refractivity contribution in [2.75, 3.05) is 7.05 Å². The minimum atomic E-state index is -2.85. The topological polar surface area (TPSA) is 75.9 Å². The summed E-state index contributed by atoms with van der Waals surface area (Å²) in [5.74, 6) is 2.77. The van der Waals surface area contributed by atoms with Gasteiger partial charge >= 0.3 is 0 Å². The third kappa shape index (κ3) is 3.01. The zero-order valence-corrected chi connectivity index (χ0v) is 17.9. The summed E-state index contributed by atoms with van der Waals surface area (Å²) in [6.07, 6.45) is 3.65. The van der Waals surface area contributed by atoms with Crippen molar-refractivity contribution in [3.8, 4) is 0 Å². The van der Waals surface area contributed by atoms with Crippen LogP contribution in [0.5, 0.6) is 0 Å². The Morgan fingerprint density at radius 2 is 2.10 bits per heavy atom. The largest absolute Gasteiger partial charge is 0.369 e. The van der Waals surface area contributed by atoms with Crippen LogP contribution in [-0.2, 0) is 15.2 Å². The van der Waals surface area contributed by atoms with Crippen molar-refractivity contribution in [1.82, 2.24) is 9.29 Å². The van der Waals surface area contributed by atoms with E-state index in [1.165, 1.54) is 46.9 Å². The Morgan fingerprint density at radius 3 is 2.68 bits per heavy atom. The second-order valence-electron chi connectivity index (χ2n) is 7.92.